The van der Waals surface area contributed by atoms with E-state index in [0.717, 1.165) is 91.6 Å². The van der Waals surface area contributed by atoms with Crippen LogP contribution in [0.15, 0.2) is 48.8 Å². The number of hydrogen-bond donors (Lipinski definition) is 2. The van der Waals surface area contributed by atoms with Crippen LogP contribution in [0.1, 0.15) is 30.3 Å². The summed E-state index contributed by atoms with van der Waals surface area (Å²) in [5.74, 6) is 3.16. The highest BCUT2D eigenvalue weighted by molar-refractivity contribution is 6.13. The molecule has 0 amide bonds. The van der Waals surface area contributed by atoms with Crippen LogP contribution in [0.4, 0.5) is 0 Å². The van der Waals surface area contributed by atoms with Crippen LogP contribution in [0, 0.1) is 0 Å². The topological polar surface area (TPSA) is 85.3 Å². The third-order valence-electron chi connectivity index (χ3n) is 7.94. The number of nitrogens with zero attached hydrogens (tertiary/aromatic N) is 2. The molecule has 0 saturated carbocycles. The van der Waals surface area contributed by atoms with E-state index < -0.39 is 0 Å². The lowest BCUT2D eigenvalue weighted by Gasteiger charge is -2.21. The maximum atomic E-state index is 5.97. The molecule has 0 aliphatic carbocycles. The minimum atomic E-state index is 0. The van der Waals surface area contributed by atoms with Gasteiger partial charge in [0.25, 0.3) is 0 Å². The van der Waals surface area contributed by atoms with E-state index >= 15 is 0 Å². The first kappa shape index (κ1) is 25.1. The standard InChI is InChI=1S/C30H28N4O4.ClH/c1-35-20-12-6-9-17-25-23(38-4)15-34-18(28(25)32-26(17)20)10-7-11-19(34)29-30-24(22(37-3)14-31-29)16-8-5-13-21(36-2)27(16)33-30;/h5-6,8-9,12-15,19H,7,10-11H2,1-4H3,(H,31,33);1H. The summed E-state index contributed by atoms with van der Waals surface area (Å²) in [7, 11) is 6.81. The van der Waals surface area contributed by atoms with Gasteiger partial charge in [-0.3, -0.25) is 0 Å². The number of H-pyrrole nitrogens is 2. The molecule has 0 saturated heterocycles. The van der Waals surface area contributed by atoms with Crippen molar-refractivity contribution >= 4 is 43.6 Å². The fourth-order valence-corrected chi connectivity index (χ4v) is 6.26. The Morgan fingerprint density at radius 2 is 1.33 bits per heavy atom. The Hall–Kier alpha value is -4.17. The van der Waals surface area contributed by atoms with E-state index in [4.69, 9.17) is 23.9 Å². The summed E-state index contributed by atoms with van der Waals surface area (Å²) < 4.78 is 25.4. The molecular weight excluding hydrogens is 516 g/mol. The molecule has 0 bridgehead atoms. The van der Waals surface area contributed by atoms with Crippen LogP contribution in [-0.2, 0) is 6.42 Å². The van der Waals surface area contributed by atoms with Crippen LogP contribution >= 0.6 is 0 Å². The van der Waals surface area contributed by atoms with Crippen molar-refractivity contribution in [3.8, 4) is 23.0 Å². The number of pyridine rings is 2. The van der Waals surface area contributed by atoms with Gasteiger partial charge in [-0.1, -0.05) is 24.3 Å². The summed E-state index contributed by atoms with van der Waals surface area (Å²) >= 11 is 0. The van der Waals surface area contributed by atoms with Crippen LogP contribution in [0.25, 0.3) is 43.6 Å². The lowest BCUT2D eigenvalue weighted by Crippen LogP contribution is -3.00. The van der Waals surface area contributed by atoms with Gasteiger partial charge in [0.1, 0.15) is 28.5 Å². The maximum absolute atomic E-state index is 5.97. The molecule has 1 atom stereocenters. The van der Waals surface area contributed by atoms with E-state index in [1.165, 1.54) is 5.69 Å². The van der Waals surface area contributed by atoms with Crippen molar-refractivity contribution in [1.82, 2.24) is 15.0 Å². The molecule has 0 fully saturated rings. The van der Waals surface area contributed by atoms with Gasteiger partial charge in [0.2, 0.25) is 17.9 Å². The van der Waals surface area contributed by atoms with Crippen LogP contribution in [-0.4, -0.2) is 43.4 Å². The molecule has 6 aromatic rings. The Bertz CT molecular complexity index is 1880. The monoisotopic (exact) mass is 544 g/mol. The van der Waals surface area contributed by atoms with Gasteiger partial charge in [0.15, 0.2) is 5.75 Å². The first-order valence-corrected chi connectivity index (χ1v) is 12.8. The van der Waals surface area contributed by atoms with E-state index in [0.29, 0.717) is 0 Å². The molecule has 2 N–H and O–H groups in total. The van der Waals surface area contributed by atoms with Gasteiger partial charge >= 0.3 is 0 Å². The molecule has 2 aromatic carbocycles. The van der Waals surface area contributed by atoms with E-state index in [2.05, 4.69) is 32.9 Å². The SMILES string of the molecule is COc1cccc2c1[nH]c1c(C3CCCc4c5[nH]c6c(OC)cccc6c5c(OC)c[n+]43)ncc(OC)c12.[Cl-]. The van der Waals surface area contributed by atoms with Gasteiger partial charge in [-0.25, -0.2) is 4.98 Å². The first-order chi connectivity index (χ1) is 18.7. The molecule has 0 spiro atoms. The Labute approximate surface area is 231 Å². The predicted octanol–water partition coefficient (Wildman–Crippen LogP) is 2.60. The zero-order chi connectivity index (χ0) is 26.0. The van der Waals surface area contributed by atoms with E-state index in [-0.39, 0.29) is 18.4 Å². The molecule has 1 aliphatic heterocycles. The molecule has 200 valence electrons. The molecular formula is C30H29ClN4O4. The van der Waals surface area contributed by atoms with E-state index in [1.807, 2.05) is 30.5 Å². The van der Waals surface area contributed by atoms with Crippen molar-refractivity contribution in [2.45, 2.75) is 25.3 Å². The largest absolute Gasteiger partial charge is 1.00 e. The van der Waals surface area contributed by atoms with Crippen molar-refractivity contribution in [2.75, 3.05) is 28.4 Å². The minimum Gasteiger partial charge on any atom is -1.00 e. The van der Waals surface area contributed by atoms with Gasteiger partial charge in [-0.15, -0.1) is 0 Å². The summed E-state index contributed by atoms with van der Waals surface area (Å²) in [5.41, 5.74) is 6.17. The van der Waals surface area contributed by atoms with Gasteiger partial charge in [0, 0.05) is 23.6 Å². The Balaban J connectivity index is 0.00000277. The number of aryl methyl sites for hydroxylation is 1. The lowest BCUT2D eigenvalue weighted by molar-refractivity contribution is -0.725. The number of methoxy groups -OCH3 is 4. The lowest BCUT2D eigenvalue weighted by atomic mass is 9.95. The van der Waals surface area contributed by atoms with Crippen molar-refractivity contribution in [1.29, 1.82) is 0 Å². The number of rotatable bonds is 5. The van der Waals surface area contributed by atoms with E-state index in [9.17, 15) is 0 Å². The van der Waals surface area contributed by atoms with Gasteiger partial charge < -0.3 is 41.3 Å². The highest BCUT2D eigenvalue weighted by Gasteiger charge is 2.36. The third-order valence-corrected chi connectivity index (χ3v) is 7.94. The molecule has 9 heteroatoms. The van der Waals surface area contributed by atoms with Crippen LogP contribution in [0.2, 0.25) is 0 Å². The predicted molar refractivity (Wildman–Crippen MR) is 147 cm³/mol. The molecule has 7 rings (SSSR count). The first-order valence-electron chi connectivity index (χ1n) is 12.8. The Morgan fingerprint density at radius 3 is 1.95 bits per heavy atom. The molecule has 5 heterocycles. The number of aromatic amines is 2. The van der Waals surface area contributed by atoms with Gasteiger partial charge in [0.05, 0.1) is 62.0 Å². The Morgan fingerprint density at radius 1 is 0.744 bits per heavy atom. The number of halogens is 1. The fraction of sp³-hybridized carbons (Fsp3) is 0.267. The minimum absolute atomic E-state index is 0. The van der Waals surface area contributed by atoms with Gasteiger partial charge in [-0.2, -0.15) is 4.57 Å². The molecule has 4 aromatic heterocycles. The average molecular weight is 545 g/mol. The third kappa shape index (κ3) is 3.51. The summed E-state index contributed by atoms with van der Waals surface area (Å²) in [5, 5.41) is 4.24. The number of fused-ring (bicyclic) bond motifs is 8. The zero-order valence-electron chi connectivity index (χ0n) is 22.2. The number of nitrogens with one attached hydrogen (secondary N) is 2. The number of benzene rings is 2. The normalized spacial score (nSPS) is 14.9. The summed E-state index contributed by atoms with van der Waals surface area (Å²) in [4.78, 5) is 12.3. The molecule has 39 heavy (non-hydrogen) atoms. The fourth-order valence-electron chi connectivity index (χ4n) is 6.26. The summed E-state index contributed by atoms with van der Waals surface area (Å²) in [6.45, 7) is 0. The highest BCUT2D eigenvalue weighted by atomic mass is 35.5. The average Bonchev–Trinajstić information content (AvgIpc) is 3.56. The van der Waals surface area contributed by atoms with Gasteiger partial charge in [-0.05, 0) is 18.6 Å². The van der Waals surface area contributed by atoms with Crippen LogP contribution in [0.3, 0.4) is 0 Å². The second kappa shape index (κ2) is 9.54. The van der Waals surface area contributed by atoms with Crippen molar-refractivity contribution in [3.05, 3.63) is 60.2 Å². The molecule has 1 unspecified atom stereocenters. The number of hydrogen-bond acceptors (Lipinski definition) is 5. The van der Waals surface area contributed by atoms with Crippen molar-refractivity contribution < 1.29 is 35.9 Å². The second-order valence-corrected chi connectivity index (χ2v) is 9.69. The van der Waals surface area contributed by atoms with Crippen molar-refractivity contribution in [3.63, 3.8) is 0 Å². The summed E-state index contributed by atoms with van der Waals surface area (Å²) in [6.07, 6.45) is 6.91. The quantitative estimate of drug-likeness (QED) is 0.326. The number of ether oxygens (including phenoxy) is 4. The number of para-hydroxylation sites is 2. The zero-order valence-corrected chi connectivity index (χ0v) is 23.0. The smallest absolute Gasteiger partial charge is 0.212 e. The molecule has 1 aliphatic rings. The maximum Gasteiger partial charge on any atom is 0.212 e. The van der Waals surface area contributed by atoms with Crippen LogP contribution < -0.4 is 35.9 Å². The van der Waals surface area contributed by atoms with E-state index in [1.54, 1.807) is 28.4 Å². The Kier molecular flexibility index (Phi) is 6.14. The van der Waals surface area contributed by atoms with Crippen LogP contribution in [0.5, 0.6) is 23.0 Å². The summed E-state index contributed by atoms with van der Waals surface area (Å²) in [6, 6.07) is 12.2. The number of aromatic nitrogens is 4. The second-order valence-electron chi connectivity index (χ2n) is 9.69. The molecule has 8 nitrogen and oxygen atoms in total. The van der Waals surface area contributed by atoms with Crippen molar-refractivity contribution in [2.24, 2.45) is 0 Å². The molecule has 0 radical (unpaired) electrons. The highest BCUT2D eigenvalue weighted by Crippen LogP contribution is 2.42.